The molecular formula is C19H16ClNO5S. The lowest BCUT2D eigenvalue weighted by Gasteiger charge is -2.12. The first-order chi connectivity index (χ1) is 13.1. The van der Waals surface area contributed by atoms with E-state index in [2.05, 4.69) is 5.32 Å². The molecule has 0 bridgehead atoms. The quantitative estimate of drug-likeness (QED) is 0.551. The van der Waals surface area contributed by atoms with Gasteiger partial charge in [0.25, 0.3) is 11.1 Å². The van der Waals surface area contributed by atoms with Crippen molar-refractivity contribution >= 4 is 40.6 Å². The molecule has 3 rings (SSSR count). The Balaban J connectivity index is 1.61. The Morgan fingerprint density at radius 2 is 1.78 bits per heavy atom. The van der Waals surface area contributed by atoms with Crippen molar-refractivity contribution in [2.24, 2.45) is 0 Å². The zero-order chi connectivity index (χ0) is 19.2. The highest BCUT2D eigenvalue weighted by atomic mass is 35.5. The molecule has 1 N–H and O–H groups in total. The van der Waals surface area contributed by atoms with Gasteiger partial charge < -0.3 is 14.2 Å². The molecule has 6 nitrogen and oxygen atoms in total. The van der Waals surface area contributed by atoms with Crippen LogP contribution in [0.25, 0.3) is 6.08 Å². The molecule has 27 heavy (non-hydrogen) atoms. The number of carbonyl (C=O) groups is 2. The largest absolute Gasteiger partial charge is 0.493 e. The van der Waals surface area contributed by atoms with Crippen LogP contribution >= 0.6 is 23.4 Å². The van der Waals surface area contributed by atoms with E-state index in [0.717, 1.165) is 17.3 Å². The van der Waals surface area contributed by atoms with Crippen molar-refractivity contribution in [3.63, 3.8) is 0 Å². The monoisotopic (exact) mass is 405 g/mol. The smallest absolute Gasteiger partial charge is 0.290 e. The summed E-state index contributed by atoms with van der Waals surface area (Å²) in [4.78, 5) is 23.2. The fourth-order valence-electron chi connectivity index (χ4n) is 2.33. The molecule has 2 amide bonds. The first-order valence-corrected chi connectivity index (χ1v) is 9.19. The second kappa shape index (κ2) is 8.83. The molecule has 0 aromatic heterocycles. The van der Waals surface area contributed by atoms with Gasteiger partial charge in [0, 0.05) is 0 Å². The zero-order valence-electron chi connectivity index (χ0n) is 14.4. The standard InChI is InChI=1S/C19H16ClNO5S/c1-24-16-10-12(11-17-18(22)21-19(23)27-17)6-7-15(16)26-9-8-25-14-5-3-2-4-13(14)20/h2-7,10-11H,8-9H2,1H3,(H,21,22,23)/b17-11-. The van der Waals surface area contributed by atoms with Gasteiger partial charge >= 0.3 is 0 Å². The van der Waals surface area contributed by atoms with Gasteiger partial charge in [-0.3, -0.25) is 14.9 Å². The summed E-state index contributed by atoms with van der Waals surface area (Å²) in [5, 5.41) is 2.38. The fraction of sp³-hybridized carbons (Fsp3) is 0.158. The lowest BCUT2D eigenvalue weighted by Crippen LogP contribution is -2.17. The Morgan fingerprint density at radius 3 is 2.44 bits per heavy atom. The van der Waals surface area contributed by atoms with E-state index >= 15 is 0 Å². The number of amides is 2. The summed E-state index contributed by atoms with van der Waals surface area (Å²) >= 11 is 6.90. The van der Waals surface area contributed by atoms with E-state index in [1.54, 1.807) is 36.4 Å². The maximum Gasteiger partial charge on any atom is 0.290 e. The highest BCUT2D eigenvalue weighted by Gasteiger charge is 2.25. The predicted molar refractivity (Wildman–Crippen MR) is 105 cm³/mol. The third kappa shape index (κ3) is 4.96. The summed E-state index contributed by atoms with van der Waals surface area (Å²) in [6.45, 7) is 0.617. The Kier molecular flexibility index (Phi) is 6.26. The molecular weight excluding hydrogens is 390 g/mol. The Labute approximate surface area is 165 Å². The van der Waals surface area contributed by atoms with Crippen LogP contribution in [-0.4, -0.2) is 31.5 Å². The number of imide groups is 1. The van der Waals surface area contributed by atoms with E-state index in [4.69, 9.17) is 25.8 Å². The maximum atomic E-state index is 11.6. The molecule has 0 atom stereocenters. The number of para-hydroxylation sites is 1. The topological polar surface area (TPSA) is 73.9 Å². The highest BCUT2D eigenvalue weighted by Crippen LogP contribution is 2.31. The number of thioether (sulfide) groups is 1. The number of benzene rings is 2. The molecule has 0 aliphatic carbocycles. The predicted octanol–water partition coefficient (Wildman–Crippen LogP) is 4.13. The first kappa shape index (κ1) is 19.1. The van der Waals surface area contributed by atoms with Gasteiger partial charge in [0.05, 0.1) is 17.0 Å². The van der Waals surface area contributed by atoms with Gasteiger partial charge in [-0.25, -0.2) is 0 Å². The van der Waals surface area contributed by atoms with Crippen molar-refractivity contribution in [2.75, 3.05) is 20.3 Å². The van der Waals surface area contributed by atoms with Crippen molar-refractivity contribution in [1.29, 1.82) is 0 Å². The molecule has 1 aliphatic heterocycles. The average Bonchev–Trinajstić information content (AvgIpc) is 2.97. The van der Waals surface area contributed by atoms with Crippen LogP contribution < -0.4 is 19.5 Å². The van der Waals surface area contributed by atoms with Gasteiger partial charge in [0.2, 0.25) is 0 Å². The number of hydrogen-bond donors (Lipinski definition) is 1. The van der Waals surface area contributed by atoms with Gasteiger partial charge in [0.15, 0.2) is 11.5 Å². The van der Waals surface area contributed by atoms with Crippen molar-refractivity contribution in [3.8, 4) is 17.2 Å². The van der Waals surface area contributed by atoms with Gasteiger partial charge in [-0.2, -0.15) is 0 Å². The van der Waals surface area contributed by atoms with Crippen LogP contribution in [0.15, 0.2) is 47.4 Å². The minimum atomic E-state index is -0.402. The molecule has 0 saturated carbocycles. The summed E-state index contributed by atoms with van der Waals surface area (Å²) in [7, 11) is 1.53. The molecule has 1 fully saturated rings. The lowest BCUT2D eigenvalue weighted by molar-refractivity contribution is -0.115. The van der Waals surface area contributed by atoms with Crippen LogP contribution in [0.5, 0.6) is 17.2 Å². The minimum Gasteiger partial charge on any atom is -0.493 e. The number of ether oxygens (including phenoxy) is 3. The molecule has 2 aromatic carbocycles. The van der Waals surface area contributed by atoms with Crippen molar-refractivity contribution in [1.82, 2.24) is 5.32 Å². The second-order valence-electron chi connectivity index (χ2n) is 5.39. The van der Waals surface area contributed by atoms with Crippen LogP contribution in [0.3, 0.4) is 0 Å². The second-order valence-corrected chi connectivity index (χ2v) is 6.81. The minimum absolute atomic E-state index is 0.300. The molecule has 1 saturated heterocycles. The van der Waals surface area contributed by atoms with Crippen LogP contribution in [0.2, 0.25) is 5.02 Å². The summed E-state index contributed by atoms with van der Waals surface area (Å²) in [5.41, 5.74) is 0.721. The molecule has 0 unspecified atom stereocenters. The Bertz CT molecular complexity index is 899. The zero-order valence-corrected chi connectivity index (χ0v) is 15.9. The molecule has 2 aromatic rings. The Hall–Kier alpha value is -2.64. The third-order valence-corrected chi connectivity index (χ3v) is 4.69. The number of methoxy groups -OCH3 is 1. The van der Waals surface area contributed by atoms with E-state index in [1.165, 1.54) is 7.11 Å². The number of halogens is 1. The summed E-state index contributed by atoms with van der Waals surface area (Å²) in [5.74, 6) is 1.25. The van der Waals surface area contributed by atoms with E-state index in [1.807, 2.05) is 12.1 Å². The Morgan fingerprint density at radius 1 is 1.04 bits per heavy atom. The fourth-order valence-corrected chi connectivity index (χ4v) is 3.20. The van der Waals surface area contributed by atoms with Crippen LogP contribution in [-0.2, 0) is 4.79 Å². The van der Waals surface area contributed by atoms with Gasteiger partial charge in [-0.1, -0.05) is 29.8 Å². The number of hydrogen-bond acceptors (Lipinski definition) is 6. The van der Waals surface area contributed by atoms with Gasteiger partial charge in [0.1, 0.15) is 19.0 Å². The summed E-state index contributed by atoms with van der Waals surface area (Å²) in [6.07, 6.45) is 1.62. The summed E-state index contributed by atoms with van der Waals surface area (Å²) < 4.78 is 16.6. The number of rotatable bonds is 7. The number of carbonyl (C=O) groups excluding carboxylic acids is 2. The van der Waals surface area contributed by atoms with Crippen molar-refractivity contribution in [3.05, 3.63) is 58.0 Å². The van der Waals surface area contributed by atoms with Crippen LogP contribution in [0.4, 0.5) is 4.79 Å². The molecule has 0 radical (unpaired) electrons. The number of nitrogens with one attached hydrogen (secondary N) is 1. The normalized spacial score (nSPS) is 15.0. The molecule has 140 valence electrons. The average molecular weight is 406 g/mol. The van der Waals surface area contributed by atoms with Crippen molar-refractivity contribution in [2.45, 2.75) is 0 Å². The molecule has 1 heterocycles. The van der Waals surface area contributed by atoms with Gasteiger partial charge in [-0.05, 0) is 47.7 Å². The van der Waals surface area contributed by atoms with E-state index in [-0.39, 0.29) is 5.24 Å². The van der Waals surface area contributed by atoms with Crippen LogP contribution in [0.1, 0.15) is 5.56 Å². The first-order valence-electron chi connectivity index (χ1n) is 8.00. The maximum absolute atomic E-state index is 11.6. The highest BCUT2D eigenvalue weighted by molar-refractivity contribution is 8.18. The van der Waals surface area contributed by atoms with E-state index in [0.29, 0.717) is 40.4 Å². The molecule has 8 heteroatoms. The van der Waals surface area contributed by atoms with E-state index < -0.39 is 5.91 Å². The van der Waals surface area contributed by atoms with E-state index in [9.17, 15) is 9.59 Å². The van der Waals surface area contributed by atoms with Crippen LogP contribution in [0, 0.1) is 0 Å². The molecule has 1 aliphatic rings. The summed E-state index contributed by atoms with van der Waals surface area (Å²) in [6, 6.07) is 12.5. The van der Waals surface area contributed by atoms with Crippen molar-refractivity contribution < 1.29 is 23.8 Å². The van der Waals surface area contributed by atoms with Gasteiger partial charge in [-0.15, -0.1) is 0 Å². The SMILES string of the molecule is COc1cc(/C=C2\SC(=O)NC2=O)ccc1OCCOc1ccccc1Cl. The third-order valence-electron chi connectivity index (χ3n) is 3.56. The lowest BCUT2D eigenvalue weighted by atomic mass is 10.2. The molecule has 0 spiro atoms.